The number of benzene rings is 3. The van der Waals surface area contributed by atoms with E-state index in [1.165, 1.54) is 19.2 Å². The smallest absolute Gasteiger partial charge is 0.255 e. The quantitative estimate of drug-likeness (QED) is 0.440. The molecule has 1 heterocycles. The number of aromatic nitrogens is 2. The van der Waals surface area contributed by atoms with Crippen molar-refractivity contribution in [3.63, 3.8) is 0 Å². The summed E-state index contributed by atoms with van der Waals surface area (Å²) in [7, 11) is 3.13. The summed E-state index contributed by atoms with van der Waals surface area (Å²) in [6, 6.07) is 17.1. The van der Waals surface area contributed by atoms with Gasteiger partial charge in [-0.3, -0.25) is 9.89 Å². The van der Waals surface area contributed by atoms with Crippen molar-refractivity contribution in [2.75, 3.05) is 14.2 Å². The average molecular weight is 431 g/mol. The number of hydrogen-bond donors (Lipinski definition) is 2. The molecule has 0 unspecified atom stereocenters. The predicted molar refractivity (Wildman–Crippen MR) is 122 cm³/mol. The van der Waals surface area contributed by atoms with Crippen molar-refractivity contribution >= 4 is 29.0 Å². The van der Waals surface area contributed by atoms with E-state index in [1.54, 1.807) is 37.5 Å². The monoisotopic (exact) mass is 431 g/mol. The number of aromatic amines is 1. The molecule has 0 spiro atoms. The molecule has 0 saturated carbocycles. The first-order valence-corrected chi connectivity index (χ1v) is 9.99. The Bertz CT molecular complexity index is 1260. The Hall–Kier alpha value is -4.13. The maximum atomic E-state index is 13.1. The van der Waals surface area contributed by atoms with Gasteiger partial charge in [0.05, 0.1) is 36.4 Å². The molecule has 0 aliphatic rings. The minimum atomic E-state index is -0.292. The van der Waals surface area contributed by atoms with Crippen LogP contribution in [0.25, 0.3) is 23.1 Å². The molecule has 4 aromatic rings. The molecule has 0 saturated heterocycles. The first kappa shape index (κ1) is 21.1. The number of hydrogen-bond acceptors (Lipinski definition) is 4. The summed E-state index contributed by atoms with van der Waals surface area (Å²) in [5.74, 6) is 0.643. The van der Waals surface area contributed by atoms with Crippen LogP contribution in [-0.2, 0) is 6.54 Å². The number of ether oxygens (including phenoxy) is 2. The Balaban J connectivity index is 1.59. The van der Waals surface area contributed by atoms with E-state index in [1.807, 2.05) is 30.3 Å². The standard InChI is InChI=1S/C25H22FN3O3/c1-31-19-10-5-17(6-11-19)15-27-25(30)20-12-14-22-23(24(20)32-2)21(28-29-22)13-7-16-3-8-18(26)9-4-16/h3-14H,15H2,1-2H3,(H,27,30)(H,28,29)/b13-7+. The highest BCUT2D eigenvalue weighted by molar-refractivity contribution is 6.05. The number of fused-ring (bicyclic) bond motifs is 1. The van der Waals surface area contributed by atoms with Crippen LogP contribution in [0.1, 0.15) is 27.2 Å². The van der Waals surface area contributed by atoms with Crippen LogP contribution in [-0.4, -0.2) is 30.3 Å². The zero-order valence-corrected chi connectivity index (χ0v) is 17.7. The summed E-state index contributed by atoms with van der Waals surface area (Å²) in [6.45, 7) is 0.368. The first-order valence-electron chi connectivity index (χ1n) is 9.99. The minimum absolute atomic E-state index is 0.255. The topological polar surface area (TPSA) is 76.2 Å². The molecule has 0 radical (unpaired) electrons. The van der Waals surface area contributed by atoms with Crippen molar-refractivity contribution in [2.24, 2.45) is 0 Å². The van der Waals surface area contributed by atoms with E-state index >= 15 is 0 Å². The van der Waals surface area contributed by atoms with Crippen molar-refractivity contribution < 1.29 is 18.7 Å². The van der Waals surface area contributed by atoms with E-state index < -0.39 is 0 Å². The van der Waals surface area contributed by atoms with Crippen molar-refractivity contribution in [3.8, 4) is 11.5 Å². The van der Waals surface area contributed by atoms with Gasteiger partial charge in [-0.15, -0.1) is 0 Å². The second kappa shape index (κ2) is 9.34. The molecule has 6 nitrogen and oxygen atoms in total. The highest BCUT2D eigenvalue weighted by Gasteiger charge is 2.18. The van der Waals surface area contributed by atoms with E-state index in [4.69, 9.17) is 9.47 Å². The molecule has 4 rings (SSSR count). The SMILES string of the molecule is COc1ccc(CNC(=O)c2ccc3[nH]nc(/C=C/c4ccc(F)cc4)c3c2OC)cc1. The lowest BCUT2D eigenvalue weighted by Crippen LogP contribution is -2.23. The number of nitrogens with zero attached hydrogens (tertiary/aromatic N) is 1. The Labute approximate surface area is 184 Å². The largest absolute Gasteiger partial charge is 0.497 e. The normalized spacial score (nSPS) is 11.1. The Kier molecular flexibility index (Phi) is 6.17. The van der Waals surface area contributed by atoms with Gasteiger partial charge in [-0.1, -0.05) is 30.3 Å². The van der Waals surface area contributed by atoms with Gasteiger partial charge in [0.2, 0.25) is 0 Å². The molecule has 32 heavy (non-hydrogen) atoms. The van der Waals surface area contributed by atoms with Crippen LogP contribution in [0.4, 0.5) is 4.39 Å². The third-order valence-electron chi connectivity index (χ3n) is 5.08. The number of carbonyl (C=O) groups is 1. The second-order valence-corrected chi connectivity index (χ2v) is 7.09. The number of halogens is 1. The van der Waals surface area contributed by atoms with Crippen LogP contribution in [0, 0.1) is 5.82 Å². The number of methoxy groups -OCH3 is 2. The van der Waals surface area contributed by atoms with Crippen molar-refractivity contribution in [1.82, 2.24) is 15.5 Å². The average Bonchev–Trinajstić information content (AvgIpc) is 3.25. The van der Waals surface area contributed by atoms with Gasteiger partial charge < -0.3 is 14.8 Å². The van der Waals surface area contributed by atoms with E-state index in [-0.39, 0.29) is 11.7 Å². The van der Waals surface area contributed by atoms with Gasteiger partial charge in [0.25, 0.3) is 5.91 Å². The summed E-state index contributed by atoms with van der Waals surface area (Å²) in [5.41, 5.74) is 3.55. The molecule has 2 N–H and O–H groups in total. The van der Waals surface area contributed by atoms with Crippen LogP contribution < -0.4 is 14.8 Å². The molecule has 162 valence electrons. The van der Waals surface area contributed by atoms with Gasteiger partial charge in [0.1, 0.15) is 17.3 Å². The fraction of sp³-hybridized carbons (Fsp3) is 0.120. The number of amides is 1. The third-order valence-corrected chi connectivity index (χ3v) is 5.08. The summed E-state index contributed by atoms with van der Waals surface area (Å²) < 4.78 is 23.9. The maximum absolute atomic E-state index is 13.1. The number of H-pyrrole nitrogens is 1. The molecular formula is C25H22FN3O3. The lowest BCUT2D eigenvalue weighted by Gasteiger charge is -2.11. The van der Waals surface area contributed by atoms with Crippen LogP contribution >= 0.6 is 0 Å². The molecule has 3 aromatic carbocycles. The fourth-order valence-corrected chi connectivity index (χ4v) is 3.39. The Morgan fingerprint density at radius 2 is 1.75 bits per heavy atom. The van der Waals surface area contributed by atoms with E-state index in [0.717, 1.165) is 22.4 Å². The molecule has 0 fully saturated rings. The minimum Gasteiger partial charge on any atom is -0.497 e. The van der Waals surface area contributed by atoms with Gasteiger partial charge in [-0.05, 0) is 53.6 Å². The van der Waals surface area contributed by atoms with E-state index in [9.17, 15) is 9.18 Å². The first-order chi connectivity index (χ1) is 15.6. The van der Waals surface area contributed by atoms with Crippen LogP contribution in [0.15, 0.2) is 60.7 Å². The lowest BCUT2D eigenvalue weighted by molar-refractivity contribution is 0.0948. The zero-order chi connectivity index (χ0) is 22.5. The Morgan fingerprint density at radius 3 is 2.44 bits per heavy atom. The third kappa shape index (κ3) is 4.46. The summed E-state index contributed by atoms with van der Waals surface area (Å²) in [5, 5.41) is 10.9. The molecule has 0 aliphatic carbocycles. The number of rotatable bonds is 7. The van der Waals surface area contributed by atoms with Crippen LogP contribution in [0.3, 0.4) is 0 Å². The number of carbonyl (C=O) groups excluding carboxylic acids is 1. The van der Waals surface area contributed by atoms with Crippen molar-refractivity contribution in [3.05, 3.63) is 88.9 Å². The van der Waals surface area contributed by atoms with Gasteiger partial charge in [0, 0.05) is 6.54 Å². The predicted octanol–water partition coefficient (Wildman–Crippen LogP) is 4.82. The van der Waals surface area contributed by atoms with E-state index in [2.05, 4.69) is 15.5 Å². The second-order valence-electron chi connectivity index (χ2n) is 7.09. The summed E-state index contributed by atoms with van der Waals surface area (Å²) in [6.07, 6.45) is 3.62. The Morgan fingerprint density at radius 1 is 1.00 bits per heavy atom. The fourth-order valence-electron chi connectivity index (χ4n) is 3.39. The highest BCUT2D eigenvalue weighted by Crippen LogP contribution is 2.32. The molecule has 0 aliphatic heterocycles. The van der Waals surface area contributed by atoms with Gasteiger partial charge >= 0.3 is 0 Å². The highest BCUT2D eigenvalue weighted by atomic mass is 19.1. The summed E-state index contributed by atoms with van der Waals surface area (Å²) >= 11 is 0. The van der Waals surface area contributed by atoms with Crippen LogP contribution in [0.5, 0.6) is 11.5 Å². The van der Waals surface area contributed by atoms with Crippen molar-refractivity contribution in [1.29, 1.82) is 0 Å². The molecule has 1 amide bonds. The van der Waals surface area contributed by atoms with Crippen LogP contribution in [0.2, 0.25) is 0 Å². The van der Waals surface area contributed by atoms with Crippen molar-refractivity contribution in [2.45, 2.75) is 6.54 Å². The lowest BCUT2D eigenvalue weighted by atomic mass is 10.1. The molecule has 0 atom stereocenters. The summed E-state index contributed by atoms with van der Waals surface area (Å²) in [4.78, 5) is 12.9. The molecule has 1 aromatic heterocycles. The van der Waals surface area contributed by atoms with Gasteiger partial charge in [0.15, 0.2) is 0 Å². The number of nitrogens with one attached hydrogen (secondary N) is 2. The molecule has 7 heteroatoms. The van der Waals surface area contributed by atoms with E-state index in [0.29, 0.717) is 28.9 Å². The van der Waals surface area contributed by atoms with Gasteiger partial charge in [-0.2, -0.15) is 5.10 Å². The maximum Gasteiger partial charge on any atom is 0.255 e. The molecule has 0 bridgehead atoms. The van der Waals surface area contributed by atoms with Gasteiger partial charge in [-0.25, -0.2) is 4.39 Å². The zero-order valence-electron chi connectivity index (χ0n) is 17.7. The molecular weight excluding hydrogens is 409 g/mol.